The van der Waals surface area contributed by atoms with Gasteiger partial charge < -0.3 is 5.32 Å². The Morgan fingerprint density at radius 2 is 1.79 bits per heavy atom. The minimum absolute atomic E-state index is 0.173. The van der Waals surface area contributed by atoms with E-state index in [1.807, 2.05) is 43.3 Å². The highest BCUT2D eigenvalue weighted by molar-refractivity contribution is 7.18. The maximum Gasteiger partial charge on any atom is 0.261 e. The number of aryl methyl sites for hydroxylation is 1. The molecule has 1 aliphatic rings. The molecule has 0 saturated heterocycles. The molecule has 2 heterocycles. The summed E-state index contributed by atoms with van der Waals surface area (Å²) < 4.78 is 0. The summed E-state index contributed by atoms with van der Waals surface area (Å²) in [6.45, 7) is 2.08. The van der Waals surface area contributed by atoms with Crippen molar-refractivity contribution in [1.29, 1.82) is 0 Å². The number of anilines is 1. The van der Waals surface area contributed by atoms with Gasteiger partial charge in [0.05, 0.1) is 11.1 Å². The third kappa shape index (κ3) is 3.93. The van der Waals surface area contributed by atoms with Crippen molar-refractivity contribution in [3.63, 3.8) is 0 Å². The molecule has 4 rings (SSSR count). The molecule has 8 heteroatoms. The summed E-state index contributed by atoms with van der Waals surface area (Å²) >= 11 is 1.29. The number of nitrogens with one attached hydrogen (secondary N) is 1. The Kier molecular flexibility index (Phi) is 5.18. The van der Waals surface area contributed by atoms with Gasteiger partial charge in [0.1, 0.15) is 5.01 Å². The molecule has 146 valence electrons. The SMILES string of the molecule is Cc1ccc2c(c1)C(=O)N(CCCC(=O)Nc1nnc(-c3ccccc3)s1)C2=O. The number of rotatable bonds is 6. The van der Waals surface area contributed by atoms with Crippen LogP contribution in [0.25, 0.3) is 10.6 Å². The van der Waals surface area contributed by atoms with Crippen LogP contribution in [0.4, 0.5) is 5.13 Å². The van der Waals surface area contributed by atoms with Gasteiger partial charge in [-0.15, -0.1) is 10.2 Å². The van der Waals surface area contributed by atoms with Gasteiger partial charge in [-0.25, -0.2) is 0 Å². The fraction of sp³-hybridized carbons (Fsp3) is 0.190. The molecule has 3 amide bonds. The zero-order valence-electron chi connectivity index (χ0n) is 15.7. The molecule has 0 aliphatic carbocycles. The van der Waals surface area contributed by atoms with Gasteiger partial charge in [-0.1, -0.05) is 53.3 Å². The van der Waals surface area contributed by atoms with E-state index in [4.69, 9.17) is 0 Å². The number of fused-ring (bicyclic) bond motifs is 1. The third-order valence-electron chi connectivity index (χ3n) is 4.60. The second-order valence-corrected chi connectivity index (χ2v) is 7.72. The second-order valence-electron chi connectivity index (χ2n) is 6.74. The number of amides is 3. The van der Waals surface area contributed by atoms with E-state index in [-0.39, 0.29) is 30.7 Å². The lowest BCUT2D eigenvalue weighted by atomic mass is 10.1. The van der Waals surface area contributed by atoms with Crippen LogP contribution in [0.1, 0.15) is 39.1 Å². The van der Waals surface area contributed by atoms with Gasteiger partial charge in [-0.2, -0.15) is 0 Å². The first-order valence-corrected chi connectivity index (χ1v) is 10.0. The molecule has 0 bridgehead atoms. The molecule has 0 spiro atoms. The van der Waals surface area contributed by atoms with Crippen LogP contribution in [-0.2, 0) is 4.79 Å². The third-order valence-corrected chi connectivity index (χ3v) is 5.49. The number of benzene rings is 2. The van der Waals surface area contributed by atoms with Crippen molar-refractivity contribution in [2.75, 3.05) is 11.9 Å². The minimum Gasteiger partial charge on any atom is -0.301 e. The Hall–Kier alpha value is -3.39. The minimum atomic E-state index is -0.304. The Labute approximate surface area is 171 Å². The summed E-state index contributed by atoms with van der Waals surface area (Å²) in [7, 11) is 0. The predicted octanol–water partition coefficient (Wildman–Crippen LogP) is 3.53. The van der Waals surface area contributed by atoms with Crippen LogP contribution in [0, 0.1) is 6.92 Å². The van der Waals surface area contributed by atoms with E-state index in [0.29, 0.717) is 22.7 Å². The van der Waals surface area contributed by atoms with Crippen LogP contribution >= 0.6 is 11.3 Å². The number of hydrogen-bond acceptors (Lipinski definition) is 6. The molecule has 0 atom stereocenters. The lowest BCUT2D eigenvalue weighted by molar-refractivity contribution is -0.116. The van der Waals surface area contributed by atoms with E-state index in [0.717, 1.165) is 16.1 Å². The Morgan fingerprint density at radius 3 is 2.59 bits per heavy atom. The lowest BCUT2D eigenvalue weighted by Gasteiger charge is -2.13. The van der Waals surface area contributed by atoms with Crippen molar-refractivity contribution in [2.45, 2.75) is 19.8 Å². The number of aromatic nitrogens is 2. The quantitative estimate of drug-likeness (QED) is 0.632. The number of carbonyl (C=O) groups excluding carboxylic acids is 3. The fourth-order valence-electron chi connectivity index (χ4n) is 3.16. The van der Waals surface area contributed by atoms with Gasteiger partial charge in [0, 0.05) is 18.5 Å². The van der Waals surface area contributed by atoms with Crippen molar-refractivity contribution >= 4 is 34.2 Å². The number of carbonyl (C=O) groups is 3. The first-order valence-electron chi connectivity index (χ1n) is 9.18. The molecule has 0 saturated carbocycles. The smallest absolute Gasteiger partial charge is 0.261 e. The van der Waals surface area contributed by atoms with Gasteiger partial charge >= 0.3 is 0 Å². The topological polar surface area (TPSA) is 92.3 Å². The second kappa shape index (κ2) is 7.92. The van der Waals surface area contributed by atoms with Gasteiger partial charge in [0.25, 0.3) is 11.8 Å². The first-order chi connectivity index (χ1) is 14.0. The average molecular weight is 406 g/mol. The molecule has 1 aromatic heterocycles. The van der Waals surface area contributed by atoms with Crippen molar-refractivity contribution < 1.29 is 14.4 Å². The Bertz CT molecular complexity index is 1090. The summed E-state index contributed by atoms with van der Waals surface area (Å²) in [4.78, 5) is 38.3. The Balaban J connectivity index is 1.30. The highest BCUT2D eigenvalue weighted by Crippen LogP contribution is 2.26. The Morgan fingerprint density at radius 1 is 1.03 bits per heavy atom. The fourth-order valence-corrected chi connectivity index (χ4v) is 3.92. The van der Waals surface area contributed by atoms with E-state index in [2.05, 4.69) is 15.5 Å². The van der Waals surface area contributed by atoms with Crippen molar-refractivity contribution in [2.24, 2.45) is 0 Å². The molecule has 29 heavy (non-hydrogen) atoms. The molecule has 3 aromatic rings. The average Bonchev–Trinajstić information content (AvgIpc) is 3.27. The summed E-state index contributed by atoms with van der Waals surface area (Å²) in [6.07, 6.45) is 0.549. The van der Waals surface area contributed by atoms with Crippen LogP contribution in [-0.4, -0.2) is 39.4 Å². The predicted molar refractivity (Wildman–Crippen MR) is 110 cm³/mol. The number of nitrogens with zero attached hydrogens (tertiary/aromatic N) is 3. The normalized spacial score (nSPS) is 12.9. The van der Waals surface area contributed by atoms with E-state index in [9.17, 15) is 14.4 Å². The summed E-state index contributed by atoms with van der Waals surface area (Å²) in [5, 5.41) is 12.0. The maximum atomic E-state index is 12.5. The number of imide groups is 1. The van der Waals surface area contributed by atoms with Gasteiger partial charge in [-0.3, -0.25) is 19.3 Å². The standard InChI is InChI=1S/C21H18N4O3S/c1-13-9-10-15-16(12-13)20(28)25(19(15)27)11-5-8-17(26)22-21-24-23-18(29-21)14-6-3-2-4-7-14/h2-4,6-7,9-10,12H,5,8,11H2,1H3,(H,22,24,26). The van der Waals surface area contributed by atoms with Crippen LogP contribution in [0.15, 0.2) is 48.5 Å². The monoisotopic (exact) mass is 406 g/mol. The molecule has 0 radical (unpaired) electrons. The van der Waals surface area contributed by atoms with Crippen molar-refractivity contribution in [3.05, 3.63) is 65.2 Å². The van der Waals surface area contributed by atoms with Gasteiger partial charge in [0.2, 0.25) is 11.0 Å². The summed E-state index contributed by atoms with van der Waals surface area (Å²) in [5.41, 5.74) is 2.72. The highest BCUT2D eigenvalue weighted by Gasteiger charge is 2.34. The zero-order valence-corrected chi connectivity index (χ0v) is 16.5. The maximum absolute atomic E-state index is 12.5. The molecular formula is C21H18N4O3S. The lowest BCUT2D eigenvalue weighted by Crippen LogP contribution is -2.31. The van der Waals surface area contributed by atoms with Crippen LogP contribution in [0.3, 0.4) is 0 Å². The van der Waals surface area contributed by atoms with E-state index in [1.54, 1.807) is 12.1 Å². The number of hydrogen-bond donors (Lipinski definition) is 1. The molecular weight excluding hydrogens is 388 g/mol. The zero-order chi connectivity index (χ0) is 20.4. The molecule has 0 unspecified atom stereocenters. The van der Waals surface area contributed by atoms with Crippen molar-refractivity contribution in [1.82, 2.24) is 15.1 Å². The van der Waals surface area contributed by atoms with Crippen LogP contribution in [0.2, 0.25) is 0 Å². The highest BCUT2D eigenvalue weighted by atomic mass is 32.1. The summed E-state index contributed by atoms with van der Waals surface area (Å²) in [6, 6.07) is 14.8. The molecule has 7 nitrogen and oxygen atoms in total. The first kappa shape index (κ1) is 18.9. The largest absolute Gasteiger partial charge is 0.301 e. The van der Waals surface area contributed by atoms with E-state index in [1.165, 1.54) is 16.2 Å². The van der Waals surface area contributed by atoms with E-state index >= 15 is 0 Å². The molecule has 1 aliphatic heterocycles. The van der Waals surface area contributed by atoms with E-state index < -0.39 is 0 Å². The molecule has 0 fully saturated rings. The molecule has 2 aromatic carbocycles. The van der Waals surface area contributed by atoms with Gasteiger partial charge in [-0.05, 0) is 25.5 Å². The van der Waals surface area contributed by atoms with Gasteiger partial charge in [0.15, 0.2) is 0 Å². The molecule has 1 N–H and O–H groups in total. The summed E-state index contributed by atoms with van der Waals surface area (Å²) in [5.74, 6) is -0.832. The van der Waals surface area contributed by atoms with Crippen LogP contribution < -0.4 is 5.32 Å². The van der Waals surface area contributed by atoms with Crippen LogP contribution in [0.5, 0.6) is 0 Å². The van der Waals surface area contributed by atoms with Crippen molar-refractivity contribution in [3.8, 4) is 10.6 Å².